The molecule has 0 radical (unpaired) electrons. The predicted molar refractivity (Wildman–Crippen MR) is 98.3 cm³/mol. The van der Waals surface area contributed by atoms with Gasteiger partial charge < -0.3 is 5.32 Å². The Morgan fingerprint density at radius 1 is 1.25 bits per heavy atom. The summed E-state index contributed by atoms with van der Waals surface area (Å²) in [6.45, 7) is 16.7. The van der Waals surface area contributed by atoms with Crippen LogP contribution >= 0.6 is 0 Å². The summed E-state index contributed by atoms with van der Waals surface area (Å²) in [5.41, 5.74) is 2.09. The Bertz CT molecular complexity index is 751. The first-order chi connectivity index (χ1) is 10.9. The number of carbonyl (C=O) groups excluding carboxylic acids is 1. The summed E-state index contributed by atoms with van der Waals surface area (Å²) in [6.07, 6.45) is 2.64. The van der Waals surface area contributed by atoms with Crippen LogP contribution in [0.15, 0.2) is 12.3 Å². The van der Waals surface area contributed by atoms with Crippen molar-refractivity contribution in [3.05, 3.63) is 23.5 Å². The second-order valence-electron chi connectivity index (χ2n) is 8.81. The number of hydrogen-bond acceptors (Lipinski definition) is 3. The number of carbonyl (C=O) groups is 1. The fourth-order valence-electron chi connectivity index (χ4n) is 3.45. The van der Waals surface area contributed by atoms with Crippen molar-refractivity contribution in [2.75, 3.05) is 0 Å². The summed E-state index contributed by atoms with van der Waals surface area (Å²) < 4.78 is 1.86. The molecule has 24 heavy (non-hydrogen) atoms. The summed E-state index contributed by atoms with van der Waals surface area (Å²) in [5, 5.41) is 8.40. The maximum atomic E-state index is 12.9. The molecule has 0 saturated carbocycles. The summed E-state index contributed by atoms with van der Waals surface area (Å²) in [5.74, 6) is -0.0666. The first kappa shape index (κ1) is 18.4. The average Bonchev–Trinajstić information content (AvgIpc) is 2.77. The van der Waals surface area contributed by atoms with Crippen molar-refractivity contribution in [3.8, 4) is 0 Å². The van der Waals surface area contributed by atoms with Crippen LogP contribution in [0.5, 0.6) is 0 Å². The van der Waals surface area contributed by atoms with Crippen LogP contribution in [-0.2, 0) is 0 Å². The number of fused-ring (bicyclic) bond motifs is 1. The van der Waals surface area contributed by atoms with Crippen LogP contribution in [0.3, 0.4) is 0 Å². The molecule has 0 aliphatic carbocycles. The van der Waals surface area contributed by atoms with Gasteiger partial charge in [0, 0.05) is 17.3 Å². The molecule has 132 valence electrons. The van der Waals surface area contributed by atoms with Crippen LogP contribution in [0.1, 0.15) is 77.0 Å². The van der Waals surface area contributed by atoms with E-state index in [1.54, 1.807) is 6.20 Å². The Morgan fingerprint density at radius 2 is 1.88 bits per heavy atom. The number of aromatic nitrogens is 3. The Morgan fingerprint density at radius 3 is 2.42 bits per heavy atom. The lowest BCUT2D eigenvalue weighted by Crippen LogP contribution is -2.45. The van der Waals surface area contributed by atoms with Crippen molar-refractivity contribution < 1.29 is 4.79 Å². The highest BCUT2D eigenvalue weighted by molar-refractivity contribution is 6.05. The van der Waals surface area contributed by atoms with E-state index in [9.17, 15) is 4.79 Å². The van der Waals surface area contributed by atoms with Crippen LogP contribution in [0.4, 0.5) is 0 Å². The number of nitrogens with one attached hydrogen (secondary N) is 1. The minimum absolute atomic E-state index is 0.0666. The van der Waals surface area contributed by atoms with Crippen molar-refractivity contribution in [2.45, 2.75) is 73.4 Å². The fourth-order valence-corrected chi connectivity index (χ4v) is 3.45. The van der Waals surface area contributed by atoms with Gasteiger partial charge in [-0.2, -0.15) is 5.10 Å². The minimum atomic E-state index is -0.285. The van der Waals surface area contributed by atoms with Crippen molar-refractivity contribution >= 4 is 16.9 Å². The maximum Gasteiger partial charge on any atom is 0.252 e. The van der Waals surface area contributed by atoms with Crippen LogP contribution in [0, 0.1) is 12.3 Å². The SMILES string of the molecule is Cc1cc(C(=O)NC(C)(C)CC(C)(C)C)c2cnn(C(C)C)c2n1. The molecule has 1 N–H and O–H groups in total. The predicted octanol–water partition coefficient (Wildman–Crippen LogP) is 4.27. The molecule has 2 rings (SSSR count). The topological polar surface area (TPSA) is 59.8 Å². The lowest BCUT2D eigenvalue weighted by atomic mass is 9.81. The third kappa shape index (κ3) is 4.13. The van der Waals surface area contributed by atoms with Crippen LogP contribution < -0.4 is 5.32 Å². The van der Waals surface area contributed by atoms with Gasteiger partial charge in [0.2, 0.25) is 0 Å². The largest absolute Gasteiger partial charge is 0.347 e. The molecule has 0 aliphatic rings. The van der Waals surface area contributed by atoms with Gasteiger partial charge in [-0.1, -0.05) is 20.8 Å². The molecule has 0 fully saturated rings. The van der Waals surface area contributed by atoms with Crippen LogP contribution in [0.25, 0.3) is 11.0 Å². The normalized spacial score (nSPS) is 12.9. The molecule has 0 spiro atoms. The molecule has 0 atom stereocenters. The van der Waals surface area contributed by atoms with E-state index < -0.39 is 0 Å². The van der Waals surface area contributed by atoms with E-state index in [2.05, 4.69) is 63.9 Å². The molecule has 2 aromatic heterocycles. The number of hydrogen-bond donors (Lipinski definition) is 1. The number of amides is 1. The summed E-state index contributed by atoms with van der Waals surface area (Å²) in [4.78, 5) is 17.5. The van der Waals surface area contributed by atoms with Crippen molar-refractivity contribution in [1.29, 1.82) is 0 Å². The molecule has 5 nitrogen and oxygen atoms in total. The monoisotopic (exact) mass is 330 g/mol. The van der Waals surface area contributed by atoms with E-state index in [0.717, 1.165) is 23.1 Å². The first-order valence-corrected chi connectivity index (χ1v) is 8.57. The van der Waals surface area contributed by atoms with Gasteiger partial charge in [-0.15, -0.1) is 0 Å². The van der Waals surface area contributed by atoms with Gasteiger partial charge in [0.15, 0.2) is 5.65 Å². The highest BCUT2D eigenvalue weighted by atomic mass is 16.1. The van der Waals surface area contributed by atoms with Gasteiger partial charge in [0.25, 0.3) is 5.91 Å². The second kappa shape index (κ2) is 6.19. The zero-order chi connectivity index (χ0) is 18.3. The maximum absolute atomic E-state index is 12.9. The number of rotatable bonds is 4. The zero-order valence-corrected chi connectivity index (χ0v) is 16.2. The molecular weight excluding hydrogens is 300 g/mol. The van der Waals surface area contributed by atoms with Crippen molar-refractivity contribution in [2.24, 2.45) is 5.41 Å². The van der Waals surface area contributed by atoms with Gasteiger partial charge >= 0.3 is 0 Å². The van der Waals surface area contributed by atoms with Crippen molar-refractivity contribution in [1.82, 2.24) is 20.1 Å². The highest BCUT2D eigenvalue weighted by Gasteiger charge is 2.28. The quantitative estimate of drug-likeness (QED) is 0.911. The minimum Gasteiger partial charge on any atom is -0.347 e. The first-order valence-electron chi connectivity index (χ1n) is 8.57. The number of nitrogens with zero attached hydrogens (tertiary/aromatic N) is 3. The Labute approximate surface area is 144 Å². The molecule has 0 aromatic carbocycles. The molecule has 0 aliphatic heterocycles. The average molecular weight is 330 g/mol. The number of aryl methyl sites for hydroxylation is 1. The fraction of sp³-hybridized carbons (Fsp3) is 0.632. The molecule has 0 bridgehead atoms. The van der Waals surface area contributed by atoms with Crippen molar-refractivity contribution in [3.63, 3.8) is 0 Å². The third-order valence-corrected chi connectivity index (χ3v) is 3.85. The van der Waals surface area contributed by atoms with Gasteiger partial charge in [0.1, 0.15) is 0 Å². The van der Waals surface area contributed by atoms with E-state index in [1.165, 1.54) is 0 Å². The van der Waals surface area contributed by atoms with Crippen LogP contribution in [0.2, 0.25) is 0 Å². The van der Waals surface area contributed by atoms with E-state index in [0.29, 0.717) is 5.56 Å². The second-order valence-corrected chi connectivity index (χ2v) is 8.81. The van der Waals surface area contributed by atoms with E-state index in [4.69, 9.17) is 0 Å². The van der Waals surface area contributed by atoms with E-state index in [1.807, 2.05) is 17.7 Å². The highest BCUT2D eigenvalue weighted by Crippen LogP contribution is 2.28. The molecular formula is C19H30N4O. The molecule has 0 saturated heterocycles. The molecule has 2 heterocycles. The lowest BCUT2D eigenvalue weighted by Gasteiger charge is -2.33. The van der Waals surface area contributed by atoms with Gasteiger partial charge in [-0.25, -0.2) is 9.67 Å². The van der Waals surface area contributed by atoms with Gasteiger partial charge in [-0.05, 0) is 52.5 Å². The van der Waals surface area contributed by atoms with E-state index >= 15 is 0 Å². The lowest BCUT2D eigenvalue weighted by molar-refractivity contribution is 0.0893. The van der Waals surface area contributed by atoms with Crippen LogP contribution in [-0.4, -0.2) is 26.2 Å². The standard InChI is InChI=1S/C19H30N4O/c1-12(2)23-16-15(10-20-23)14(9-13(3)21-16)17(24)22-19(7,8)11-18(4,5)6/h9-10,12H,11H2,1-8H3,(H,22,24). The third-order valence-electron chi connectivity index (χ3n) is 3.85. The summed E-state index contributed by atoms with van der Waals surface area (Å²) in [7, 11) is 0. The molecule has 0 unspecified atom stereocenters. The Balaban J connectivity index is 2.40. The van der Waals surface area contributed by atoms with Gasteiger partial charge in [0.05, 0.1) is 17.1 Å². The molecule has 5 heteroatoms. The Kier molecular flexibility index (Phi) is 4.75. The van der Waals surface area contributed by atoms with E-state index in [-0.39, 0.29) is 22.9 Å². The summed E-state index contributed by atoms with van der Waals surface area (Å²) >= 11 is 0. The Hall–Kier alpha value is -1.91. The molecule has 2 aromatic rings. The van der Waals surface area contributed by atoms with Gasteiger partial charge in [-0.3, -0.25) is 4.79 Å². The number of pyridine rings is 1. The smallest absolute Gasteiger partial charge is 0.252 e. The summed E-state index contributed by atoms with van der Waals surface area (Å²) in [6, 6.07) is 2.04. The zero-order valence-electron chi connectivity index (χ0n) is 16.2. The molecule has 1 amide bonds.